The standard InChI is InChI=1S/C21H17BrF3N3O/c22-16-3-1-2-13(10-16)11-28-9-8-17-18(12-28)26-19(27-20(17)29)14-4-6-15(7-5-14)21(23,24)25/h1-7,10H,8-9,11-12H2,(H,26,27,29). The molecule has 0 radical (unpaired) electrons. The minimum absolute atomic E-state index is 0.230. The summed E-state index contributed by atoms with van der Waals surface area (Å²) < 4.78 is 39.3. The molecule has 1 aliphatic rings. The van der Waals surface area contributed by atoms with Crippen LogP contribution in [0.1, 0.15) is 22.4 Å². The zero-order valence-corrected chi connectivity index (χ0v) is 16.8. The molecule has 0 bridgehead atoms. The third kappa shape index (κ3) is 4.43. The molecule has 0 unspecified atom stereocenters. The molecule has 0 saturated carbocycles. The number of hydrogen-bond acceptors (Lipinski definition) is 3. The van der Waals surface area contributed by atoms with Crippen molar-refractivity contribution in [1.82, 2.24) is 14.9 Å². The number of nitrogens with one attached hydrogen (secondary N) is 1. The van der Waals surface area contributed by atoms with E-state index in [0.717, 1.165) is 35.3 Å². The maximum Gasteiger partial charge on any atom is 0.416 e. The number of H-pyrrole nitrogens is 1. The average molecular weight is 464 g/mol. The largest absolute Gasteiger partial charge is 0.416 e. The molecular weight excluding hydrogens is 447 g/mol. The monoisotopic (exact) mass is 463 g/mol. The smallest absolute Gasteiger partial charge is 0.306 e. The summed E-state index contributed by atoms with van der Waals surface area (Å²) in [4.78, 5) is 22.0. The fraction of sp³-hybridized carbons (Fsp3) is 0.238. The summed E-state index contributed by atoms with van der Waals surface area (Å²) in [6.07, 6.45) is -3.82. The van der Waals surface area contributed by atoms with E-state index in [4.69, 9.17) is 0 Å². The average Bonchev–Trinajstić information content (AvgIpc) is 2.67. The van der Waals surface area contributed by atoms with Gasteiger partial charge < -0.3 is 4.98 Å². The van der Waals surface area contributed by atoms with Gasteiger partial charge in [0.05, 0.1) is 11.3 Å². The number of hydrogen-bond donors (Lipinski definition) is 1. The molecule has 1 N–H and O–H groups in total. The van der Waals surface area contributed by atoms with Crippen LogP contribution in [0.4, 0.5) is 13.2 Å². The van der Waals surface area contributed by atoms with Crippen LogP contribution < -0.4 is 5.56 Å². The first-order chi connectivity index (χ1) is 13.8. The van der Waals surface area contributed by atoms with Crippen LogP contribution in [0, 0.1) is 0 Å². The maximum atomic E-state index is 12.8. The predicted octanol–water partition coefficient (Wildman–Crippen LogP) is 4.78. The molecule has 0 spiro atoms. The second-order valence-corrected chi connectivity index (χ2v) is 7.92. The van der Waals surface area contributed by atoms with Crippen LogP contribution in [0.15, 0.2) is 57.8 Å². The van der Waals surface area contributed by atoms with Crippen molar-refractivity contribution in [1.29, 1.82) is 0 Å². The number of alkyl halides is 3. The highest BCUT2D eigenvalue weighted by molar-refractivity contribution is 9.10. The maximum absolute atomic E-state index is 12.8. The first-order valence-corrected chi connectivity index (χ1v) is 9.85. The Bertz CT molecular complexity index is 1090. The van der Waals surface area contributed by atoms with Crippen molar-refractivity contribution in [3.63, 3.8) is 0 Å². The lowest BCUT2D eigenvalue weighted by Crippen LogP contribution is -2.35. The lowest BCUT2D eigenvalue weighted by Gasteiger charge is -2.27. The Morgan fingerprint density at radius 3 is 2.59 bits per heavy atom. The Labute approximate surface area is 173 Å². The highest BCUT2D eigenvalue weighted by atomic mass is 79.9. The van der Waals surface area contributed by atoms with E-state index in [-0.39, 0.29) is 11.4 Å². The second-order valence-electron chi connectivity index (χ2n) is 7.01. The Morgan fingerprint density at radius 1 is 1.14 bits per heavy atom. The van der Waals surface area contributed by atoms with Crippen LogP contribution in [0.25, 0.3) is 11.4 Å². The minimum Gasteiger partial charge on any atom is -0.306 e. The minimum atomic E-state index is -4.40. The molecule has 0 atom stereocenters. The molecule has 1 aromatic heterocycles. The van der Waals surface area contributed by atoms with Gasteiger partial charge in [0, 0.05) is 35.2 Å². The first kappa shape index (κ1) is 19.8. The third-order valence-electron chi connectivity index (χ3n) is 4.93. The zero-order chi connectivity index (χ0) is 20.6. The van der Waals surface area contributed by atoms with Crippen molar-refractivity contribution < 1.29 is 13.2 Å². The summed E-state index contributed by atoms with van der Waals surface area (Å²) in [5.41, 5.74) is 1.95. The Hall–Kier alpha value is -2.45. The summed E-state index contributed by atoms with van der Waals surface area (Å²) in [7, 11) is 0. The Balaban J connectivity index is 1.59. The molecule has 3 aromatic rings. The normalized spacial score (nSPS) is 14.6. The van der Waals surface area contributed by atoms with E-state index in [0.29, 0.717) is 29.8 Å². The van der Waals surface area contributed by atoms with Crippen molar-refractivity contribution in [2.45, 2.75) is 25.7 Å². The van der Waals surface area contributed by atoms with Crippen LogP contribution in [0.2, 0.25) is 0 Å². The molecule has 4 rings (SSSR count). The van der Waals surface area contributed by atoms with Gasteiger partial charge in [0.25, 0.3) is 5.56 Å². The van der Waals surface area contributed by atoms with Crippen molar-refractivity contribution in [3.8, 4) is 11.4 Å². The lowest BCUT2D eigenvalue weighted by molar-refractivity contribution is -0.137. The lowest BCUT2D eigenvalue weighted by atomic mass is 10.0. The summed E-state index contributed by atoms with van der Waals surface area (Å²) in [5.74, 6) is 0.284. The van der Waals surface area contributed by atoms with E-state index >= 15 is 0 Å². The first-order valence-electron chi connectivity index (χ1n) is 9.06. The van der Waals surface area contributed by atoms with E-state index in [1.807, 2.05) is 24.3 Å². The van der Waals surface area contributed by atoms with Crippen LogP contribution in [-0.2, 0) is 25.7 Å². The number of nitrogens with zero attached hydrogens (tertiary/aromatic N) is 2. The molecule has 8 heteroatoms. The SMILES string of the molecule is O=c1[nH]c(-c2ccc(C(F)(F)F)cc2)nc2c1CCN(Cc1cccc(Br)c1)C2. The number of aromatic amines is 1. The van der Waals surface area contributed by atoms with Gasteiger partial charge in [0.15, 0.2) is 0 Å². The molecule has 4 nitrogen and oxygen atoms in total. The fourth-order valence-corrected chi connectivity index (χ4v) is 3.92. The Morgan fingerprint density at radius 2 is 1.90 bits per heavy atom. The van der Waals surface area contributed by atoms with Crippen LogP contribution >= 0.6 is 15.9 Å². The highest BCUT2D eigenvalue weighted by Crippen LogP contribution is 2.30. The number of benzene rings is 2. The van der Waals surface area contributed by atoms with Gasteiger partial charge in [-0.2, -0.15) is 13.2 Å². The molecule has 1 aliphatic heterocycles. The van der Waals surface area contributed by atoms with Gasteiger partial charge in [-0.05, 0) is 36.2 Å². The molecule has 0 fully saturated rings. The summed E-state index contributed by atoms with van der Waals surface area (Å²) in [5, 5.41) is 0. The van der Waals surface area contributed by atoms with Gasteiger partial charge in [-0.15, -0.1) is 0 Å². The molecular formula is C21H17BrF3N3O. The van der Waals surface area contributed by atoms with E-state index in [1.54, 1.807) is 0 Å². The van der Waals surface area contributed by atoms with Crippen LogP contribution in [-0.4, -0.2) is 21.4 Å². The Kier molecular flexibility index (Phi) is 5.31. The van der Waals surface area contributed by atoms with Gasteiger partial charge >= 0.3 is 6.18 Å². The molecule has 0 saturated heterocycles. The second kappa shape index (κ2) is 7.76. The molecule has 0 aliphatic carbocycles. The van der Waals surface area contributed by atoms with Crippen molar-refractivity contribution in [2.24, 2.45) is 0 Å². The van der Waals surface area contributed by atoms with E-state index in [9.17, 15) is 18.0 Å². The summed E-state index contributed by atoms with van der Waals surface area (Å²) in [6.45, 7) is 1.98. The van der Waals surface area contributed by atoms with Gasteiger partial charge in [0.2, 0.25) is 0 Å². The van der Waals surface area contributed by atoms with Crippen molar-refractivity contribution in [3.05, 3.63) is 85.7 Å². The third-order valence-corrected chi connectivity index (χ3v) is 5.43. The number of aromatic nitrogens is 2. The van der Waals surface area contributed by atoms with Gasteiger partial charge in [0.1, 0.15) is 5.82 Å². The van der Waals surface area contributed by atoms with Crippen molar-refractivity contribution >= 4 is 15.9 Å². The van der Waals surface area contributed by atoms with Gasteiger partial charge in [-0.1, -0.05) is 40.2 Å². The zero-order valence-electron chi connectivity index (χ0n) is 15.3. The van der Waals surface area contributed by atoms with Crippen LogP contribution in [0.3, 0.4) is 0 Å². The number of rotatable bonds is 3. The van der Waals surface area contributed by atoms with Crippen molar-refractivity contribution in [2.75, 3.05) is 6.54 Å². The topological polar surface area (TPSA) is 49.0 Å². The quantitative estimate of drug-likeness (QED) is 0.608. The molecule has 150 valence electrons. The molecule has 0 amide bonds. The van der Waals surface area contributed by atoms with E-state index < -0.39 is 11.7 Å². The van der Waals surface area contributed by atoms with Gasteiger partial charge in [-0.3, -0.25) is 9.69 Å². The molecule has 29 heavy (non-hydrogen) atoms. The molecule has 2 aromatic carbocycles. The predicted molar refractivity (Wildman–Crippen MR) is 107 cm³/mol. The summed E-state index contributed by atoms with van der Waals surface area (Å²) >= 11 is 3.47. The number of fused-ring (bicyclic) bond motifs is 1. The number of halogens is 4. The van der Waals surface area contributed by atoms with E-state index in [2.05, 4.69) is 30.8 Å². The molecule has 2 heterocycles. The van der Waals surface area contributed by atoms with E-state index in [1.165, 1.54) is 12.1 Å². The highest BCUT2D eigenvalue weighted by Gasteiger charge is 2.30. The summed E-state index contributed by atoms with van der Waals surface area (Å²) in [6, 6.07) is 12.7. The van der Waals surface area contributed by atoms with Crippen LogP contribution in [0.5, 0.6) is 0 Å². The van der Waals surface area contributed by atoms with Gasteiger partial charge in [-0.25, -0.2) is 4.98 Å². The fourth-order valence-electron chi connectivity index (χ4n) is 3.48.